The molecule has 0 bridgehead atoms. The molecule has 152 valence electrons. The zero-order valence-electron chi connectivity index (χ0n) is 16.9. The lowest BCUT2D eigenvalue weighted by Crippen LogP contribution is -2.35. The number of likely N-dealkylation sites (tertiary alicyclic amines) is 1. The number of amides is 1. The van der Waals surface area contributed by atoms with Crippen LogP contribution in [0, 0.1) is 19.8 Å². The van der Waals surface area contributed by atoms with E-state index >= 15 is 0 Å². The van der Waals surface area contributed by atoms with Crippen molar-refractivity contribution in [2.24, 2.45) is 5.92 Å². The lowest BCUT2D eigenvalue weighted by atomic mass is 9.93. The Morgan fingerprint density at radius 1 is 1.36 bits per heavy atom. The monoisotopic (exact) mass is 404 g/mol. The lowest BCUT2D eigenvalue weighted by Gasteiger charge is -2.32. The quantitative estimate of drug-likeness (QED) is 0.689. The molecule has 1 amide bonds. The smallest absolute Gasteiger partial charge is 0.224 e. The van der Waals surface area contributed by atoms with Gasteiger partial charge in [-0.3, -0.25) is 9.69 Å². The van der Waals surface area contributed by atoms with Gasteiger partial charge in [-0.1, -0.05) is 11.6 Å². The number of aryl methyl sites for hydroxylation is 2. The highest BCUT2D eigenvalue weighted by Crippen LogP contribution is 2.28. The number of ether oxygens (including phenoxy) is 1. The third-order valence-corrected chi connectivity index (χ3v) is 5.65. The van der Waals surface area contributed by atoms with Crippen LogP contribution in [-0.2, 0) is 11.3 Å². The average molecular weight is 405 g/mol. The molecule has 0 radical (unpaired) electrons. The molecule has 28 heavy (non-hydrogen) atoms. The first kappa shape index (κ1) is 20.7. The molecule has 1 fully saturated rings. The number of methoxy groups -OCH3 is 1. The Morgan fingerprint density at radius 2 is 2.18 bits per heavy atom. The highest BCUT2D eigenvalue weighted by molar-refractivity contribution is 6.31. The third kappa shape index (κ3) is 5.52. The maximum Gasteiger partial charge on any atom is 0.224 e. The van der Waals surface area contributed by atoms with Crippen LogP contribution in [-0.4, -0.2) is 31.0 Å². The van der Waals surface area contributed by atoms with Gasteiger partial charge < -0.3 is 14.5 Å². The van der Waals surface area contributed by atoms with Gasteiger partial charge in [-0.15, -0.1) is 0 Å². The molecule has 1 N–H and O–H groups in total. The second kappa shape index (κ2) is 9.48. The van der Waals surface area contributed by atoms with Crippen molar-refractivity contribution in [3.8, 4) is 5.75 Å². The van der Waals surface area contributed by atoms with Gasteiger partial charge in [0.2, 0.25) is 5.91 Å². The van der Waals surface area contributed by atoms with Crippen LogP contribution in [0.3, 0.4) is 0 Å². The second-order valence-electron chi connectivity index (χ2n) is 7.63. The molecule has 1 aliphatic rings. The molecule has 0 saturated carbocycles. The number of halogens is 1. The molecule has 6 heteroatoms. The standard InChI is InChI=1S/C22H29ClN2O3/c1-15-11-19(28-16(15)2)14-25-10-4-5-17(13-25)6-9-22(26)24-20-12-18(23)7-8-21(20)27-3/h7-8,11-12,17H,4-6,9-10,13-14H2,1-3H3,(H,24,26)/t17-/m0/s1. The Hall–Kier alpha value is -1.98. The fourth-order valence-electron chi connectivity index (χ4n) is 3.80. The molecule has 0 aliphatic carbocycles. The molecule has 2 aromatic rings. The molecule has 2 heterocycles. The molecule has 1 aliphatic heterocycles. The van der Waals surface area contributed by atoms with E-state index in [4.69, 9.17) is 20.8 Å². The lowest BCUT2D eigenvalue weighted by molar-refractivity contribution is -0.116. The molecule has 1 aromatic carbocycles. The van der Waals surface area contributed by atoms with Gasteiger partial charge in [-0.05, 0) is 75.4 Å². The number of hydrogen-bond acceptors (Lipinski definition) is 4. The average Bonchev–Trinajstić information content (AvgIpc) is 2.97. The summed E-state index contributed by atoms with van der Waals surface area (Å²) in [5.41, 5.74) is 1.82. The van der Waals surface area contributed by atoms with Crippen LogP contribution < -0.4 is 10.1 Å². The fraction of sp³-hybridized carbons (Fsp3) is 0.500. The molecule has 5 nitrogen and oxygen atoms in total. The third-order valence-electron chi connectivity index (χ3n) is 5.41. The minimum atomic E-state index is -0.00465. The number of carbonyl (C=O) groups is 1. The Kier molecular flexibility index (Phi) is 7.03. The maximum absolute atomic E-state index is 12.4. The summed E-state index contributed by atoms with van der Waals surface area (Å²) in [5, 5.41) is 3.50. The predicted molar refractivity (Wildman–Crippen MR) is 112 cm³/mol. The number of benzene rings is 1. The largest absolute Gasteiger partial charge is 0.495 e. The summed E-state index contributed by atoms with van der Waals surface area (Å²) in [4.78, 5) is 14.8. The molecule has 0 unspecified atom stereocenters. The topological polar surface area (TPSA) is 54.7 Å². The fourth-order valence-corrected chi connectivity index (χ4v) is 3.98. The van der Waals surface area contributed by atoms with E-state index in [9.17, 15) is 4.79 Å². The Balaban J connectivity index is 1.48. The normalized spacial score (nSPS) is 17.5. The molecule has 0 spiro atoms. The van der Waals surface area contributed by atoms with E-state index < -0.39 is 0 Å². The van der Waals surface area contributed by atoms with Crippen molar-refractivity contribution in [2.75, 3.05) is 25.5 Å². The van der Waals surface area contributed by atoms with Gasteiger partial charge in [0.05, 0.1) is 19.3 Å². The number of rotatable bonds is 7. The van der Waals surface area contributed by atoms with Crippen molar-refractivity contribution in [3.63, 3.8) is 0 Å². The molecule has 3 rings (SSSR count). The first-order valence-corrected chi connectivity index (χ1v) is 10.2. The predicted octanol–water partition coefficient (Wildman–Crippen LogP) is 5.19. The van der Waals surface area contributed by atoms with Crippen LogP contribution >= 0.6 is 11.6 Å². The first-order valence-electron chi connectivity index (χ1n) is 9.86. The van der Waals surface area contributed by atoms with Gasteiger partial charge in [-0.25, -0.2) is 0 Å². The van der Waals surface area contributed by atoms with E-state index in [-0.39, 0.29) is 5.91 Å². The molecular formula is C22H29ClN2O3. The van der Waals surface area contributed by atoms with Crippen LogP contribution in [0.15, 0.2) is 28.7 Å². The van der Waals surface area contributed by atoms with Gasteiger partial charge in [-0.2, -0.15) is 0 Å². The van der Waals surface area contributed by atoms with Gasteiger partial charge in [0, 0.05) is 18.0 Å². The van der Waals surface area contributed by atoms with Crippen LogP contribution in [0.5, 0.6) is 5.75 Å². The minimum Gasteiger partial charge on any atom is -0.495 e. The van der Waals surface area contributed by atoms with E-state index in [2.05, 4.69) is 23.2 Å². The Labute approximate surface area is 172 Å². The van der Waals surface area contributed by atoms with Crippen LogP contribution in [0.4, 0.5) is 5.69 Å². The van der Waals surface area contributed by atoms with E-state index in [1.54, 1.807) is 25.3 Å². The van der Waals surface area contributed by atoms with Gasteiger partial charge in [0.15, 0.2) is 0 Å². The molecule has 1 aromatic heterocycles. The van der Waals surface area contributed by atoms with E-state index in [1.807, 2.05) is 6.92 Å². The number of nitrogens with zero attached hydrogens (tertiary/aromatic N) is 1. The van der Waals surface area contributed by atoms with E-state index in [0.717, 1.165) is 44.0 Å². The number of anilines is 1. The SMILES string of the molecule is COc1ccc(Cl)cc1NC(=O)CC[C@@H]1CCCN(Cc2cc(C)c(C)o2)C1. The van der Waals surface area contributed by atoms with Crippen molar-refractivity contribution in [3.05, 3.63) is 46.4 Å². The van der Waals surface area contributed by atoms with Crippen molar-refractivity contribution in [1.82, 2.24) is 4.90 Å². The Morgan fingerprint density at radius 3 is 2.89 bits per heavy atom. The van der Waals surface area contributed by atoms with Crippen molar-refractivity contribution >= 4 is 23.2 Å². The van der Waals surface area contributed by atoms with Crippen LogP contribution in [0.1, 0.15) is 42.8 Å². The van der Waals surface area contributed by atoms with Gasteiger partial charge in [0.25, 0.3) is 0 Å². The van der Waals surface area contributed by atoms with Crippen LogP contribution in [0.25, 0.3) is 0 Å². The summed E-state index contributed by atoms with van der Waals surface area (Å²) < 4.78 is 11.1. The molecular weight excluding hydrogens is 376 g/mol. The zero-order valence-corrected chi connectivity index (χ0v) is 17.6. The first-order chi connectivity index (χ1) is 13.4. The summed E-state index contributed by atoms with van der Waals surface area (Å²) >= 11 is 6.03. The van der Waals surface area contributed by atoms with Gasteiger partial charge >= 0.3 is 0 Å². The Bertz CT molecular complexity index is 799. The number of carbonyl (C=O) groups excluding carboxylic acids is 1. The number of piperidine rings is 1. The summed E-state index contributed by atoms with van der Waals surface area (Å²) in [6.45, 7) is 7.02. The summed E-state index contributed by atoms with van der Waals surface area (Å²) in [6, 6.07) is 7.35. The summed E-state index contributed by atoms with van der Waals surface area (Å²) in [5.74, 6) is 3.16. The van der Waals surface area contributed by atoms with Crippen LogP contribution in [0.2, 0.25) is 5.02 Å². The van der Waals surface area contributed by atoms with Crippen molar-refractivity contribution in [2.45, 2.75) is 46.1 Å². The minimum absolute atomic E-state index is 0.00465. The van der Waals surface area contributed by atoms with Crippen molar-refractivity contribution < 1.29 is 13.9 Å². The second-order valence-corrected chi connectivity index (χ2v) is 8.06. The highest BCUT2D eigenvalue weighted by Gasteiger charge is 2.22. The maximum atomic E-state index is 12.4. The summed E-state index contributed by atoms with van der Waals surface area (Å²) in [7, 11) is 1.58. The van der Waals surface area contributed by atoms with Crippen molar-refractivity contribution in [1.29, 1.82) is 0 Å². The van der Waals surface area contributed by atoms with E-state index in [1.165, 1.54) is 12.0 Å². The zero-order chi connectivity index (χ0) is 20.1. The summed E-state index contributed by atoms with van der Waals surface area (Å²) in [6.07, 6.45) is 3.70. The molecule has 1 atom stereocenters. The number of furan rings is 1. The molecule has 1 saturated heterocycles. The van der Waals surface area contributed by atoms with Gasteiger partial charge in [0.1, 0.15) is 17.3 Å². The number of hydrogen-bond donors (Lipinski definition) is 1. The van der Waals surface area contributed by atoms with E-state index in [0.29, 0.717) is 28.8 Å². The highest BCUT2D eigenvalue weighted by atomic mass is 35.5. The number of nitrogens with one attached hydrogen (secondary N) is 1.